The van der Waals surface area contributed by atoms with Gasteiger partial charge < -0.3 is 5.32 Å². The van der Waals surface area contributed by atoms with Gasteiger partial charge in [0.05, 0.1) is 20.9 Å². The van der Waals surface area contributed by atoms with E-state index in [1.807, 2.05) is 32.6 Å². The van der Waals surface area contributed by atoms with Crippen LogP contribution >= 0.6 is 34.5 Å². The minimum atomic E-state index is 0.0324. The zero-order valence-corrected chi connectivity index (χ0v) is 11.2. The molecule has 0 saturated heterocycles. The Labute approximate surface area is 108 Å². The van der Waals surface area contributed by atoms with Gasteiger partial charge in [-0.15, -0.1) is 11.3 Å². The standard InChI is InChI=1S/C10H11Cl2N3S/c1-13-9(6-4-14-15(2)5-6)7-3-8(11)16-10(7)12/h3-5,9,13H,1-2H3. The summed E-state index contributed by atoms with van der Waals surface area (Å²) in [7, 11) is 3.78. The molecule has 86 valence electrons. The molecule has 1 unspecified atom stereocenters. The normalized spacial score (nSPS) is 13.0. The highest BCUT2D eigenvalue weighted by Crippen LogP contribution is 2.37. The summed E-state index contributed by atoms with van der Waals surface area (Å²) in [5, 5.41) is 7.36. The van der Waals surface area contributed by atoms with Crippen molar-refractivity contribution in [2.45, 2.75) is 6.04 Å². The van der Waals surface area contributed by atoms with Gasteiger partial charge in [0.2, 0.25) is 0 Å². The van der Waals surface area contributed by atoms with Gasteiger partial charge in [-0.05, 0) is 13.1 Å². The van der Waals surface area contributed by atoms with E-state index in [9.17, 15) is 0 Å². The van der Waals surface area contributed by atoms with E-state index in [1.165, 1.54) is 11.3 Å². The average Bonchev–Trinajstić information content (AvgIpc) is 2.76. The first-order valence-corrected chi connectivity index (χ1v) is 6.29. The molecule has 0 aliphatic heterocycles. The Morgan fingerprint density at radius 2 is 2.25 bits per heavy atom. The Hall–Kier alpha value is -0.550. The summed E-state index contributed by atoms with van der Waals surface area (Å²) in [6.45, 7) is 0. The number of hydrogen-bond donors (Lipinski definition) is 1. The fraction of sp³-hybridized carbons (Fsp3) is 0.300. The molecule has 0 radical (unpaired) electrons. The number of aryl methyl sites for hydroxylation is 1. The van der Waals surface area contributed by atoms with Crippen LogP contribution in [-0.2, 0) is 7.05 Å². The Morgan fingerprint density at radius 1 is 1.50 bits per heavy atom. The fourth-order valence-electron chi connectivity index (χ4n) is 1.64. The highest BCUT2D eigenvalue weighted by Gasteiger charge is 2.19. The number of aromatic nitrogens is 2. The third kappa shape index (κ3) is 2.25. The van der Waals surface area contributed by atoms with E-state index in [0.717, 1.165) is 11.1 Å². The first-order chi connectivity index (χ1) is 7.61. The summed E-state index contributed by atoms with van der Waals surface area (Å²) in [4.78, 5) is 0. The van der Waals surface area contributed by atoms with Crippen molar-refractivity contribution in [1.29, 1.82) is 0 Å². The van der Waals surface area contributed by atoms with Gasteiger partial charge >= 0.3 is 0 Å². The molecule has 0 spiro atoms. The molecule has 16 heavy (non-hydrogen) atoms. The number of rotatable bonds is 3. The molecule has 2 aromatic rings. The van der Waals surface area contributed by atoms with Crippen LogP contribution in [0, 0.1) is 0 Å². The zero-order chi connectivity index (χ0) is 11.7. The lowest BCUT2D eigenvalue weighted by Crippen LogP contribution is -2.16. The van der Waals surface area contributed by atoms with Crippen molar-refractivity contribution in [3.05, 3.63) is 38.3 Å². The molecule has 2 heterocycles. The number of nitrogens with one attached hydrogen (secondary N) is 1. The van der Waals surface area contributed by atoms with Gasteiger partial charge in [0.25, 0.3) is 0 Å². The van der Waals surface area contributed by atoms with Crippen molar-refractivity contribution < 1.29 is 0 Å². The minimum Gasteiger partial charge on any atom is -0.309 e. The second-order valence-electron chi connectivity index (χ2n) is 3.45. The Balaban J connectivity index is 2.40. The predicted octanol–water partition coefficient (Wildman–Crippen LogP) is 3.10. The van der Waals surface area contributed by atoms with Crippen molar-refractivity contribution in [2.75, 3.05) is 7.05 Å². The van der Waals surface area contributed by atoms with Gasteiger partial charge in [-0.25, -0.2) is 0 Å². The second-order valence-corrected chi connectivity index (χ2v) is 5.73. The number of halogens is 2. The van der Waals surface area contributed by atoms with E-state index in [-0.39, 0.29) is 6.04 Å². The van der Waals surface area contributed by atoms with Crippen molar-refractivity contribution >= 4 is 34.5 Å². The van der Waals surface area contributed by atoms with Crippen LogP contribution in [0.25, 0.3) is 0 Å². The third-order valence-electron chi connectivity index (χ3n) is 2.34. The van der Waals surface area contributed by atoms with E-state index in [4.69, 9.17) is 23.2 Å². The zero-order valence-electron chi connectivity index (χ0n) is 8.87. The molecule has 1 N–H and O–H groups in total. The molecule has 6 heteroatoms. The Bertz CT molecular complexity index is 492. The summed E-state index contributed by atoms with van der Waals surface area (Å²) in [5.74, 6) is 0. The van der Waals surface area contributed by atoms with Crippen molar-refractivity contribution in [2.24, 2.45) is 7.05 Å². The monoisotopic (exact) mass is 275 g/mol. The summed E-state index contributed by atoms with van der Waals surface area (Å²) < 4.78 is 3.18. The summed E-state index contributed by atoms with van der Waals surface area (Å²) in [6, 6.07) is 1.92. The molecule has 0 saturated carbocycles. The van der Waals surface area contributed by atoms with Crippen LogP contribution in [0.3, 0.4) is 0 Å². The lowest BCUT2D eigenvalue weighted by Gasteiger charge is -2.13. The quantitative estimate of drug-likeness (QED) is 0.933. The van der Waals surface area contributed by atoms with Gasteiger partial charge in [-0.1, -0.05) is 23.2 Å². The molecule has 0 bridgehead atoms. The van der Waals surface area contributed by atoms with Gasteiger partial charge in [0.15, 0.2) is 0 Å². The summed E-state index contributed by atoms with van der Waals surface area (Å²) in [5.41, 5.74) is 2.06. The van der Waals surface area contributed by atoms with Crippen LogP contribution < -0.4 is 5.32 Å². The maximum absolute atomic E-state index is 6.14. The van der Waals surface area contributed by atoms with Crippen LogP contribution in [0.5, 0.6) is 0 Å². The topological polar surface area (TPSA) is 29.9 Å². The molecule has 2 rings (SSSR count). The van der Waals surface area contributed by atoms with Crippen LogP contribution in [-0.4, -0.2) is 16.8 Å². The number of thiophene rings is 1. The van der Waals surface area contributed by atoms with E-state index >= 15 is 0 Å². The molecule has 0 fully saturated rings. The molecule has 3 nitrogen and oxygen atoms in total. The van der Waals surface area contributed by atoms with Crippen LogP contribution in [0.2, 0.25) is 8.67 Å². The highest BCUT2D eigenvalue weighted by molar-refractivity contribution is 7.20. The number of hydrogen-bond acceptors (Lipinski definition) is 3. The molecule has 0 aliphatic rings. The SMILES string of the molecule is CNC(c1cnn(C)c1)c1cc(Cl)sc1Cl. The van der Waals surface area contributed by atoms with Crippen molar-refractivity contribution in [1.82, 2.24) is 15.1 Å². The summed E-state index contributed by atoms with van der Waals surface area (Å²) in [6.07, 6.45) is 3.78. The molecule has 0 amide bonds. The maximum Gasteiger partial charge on any atom is 0.0995 e. The molecule has 0 aliphatic carbocycles. The maximum atomic E-state index is 6.14. The fourth-order valence-corrected chi connectivity index (χ4v) is 3.17. The first kappa shape index (κ1) is 11.9. The van der Waals surface area contributed by atoms with Gasteiger partial charge in [0, 0.05) is 24.4 Å². The first-order valence-electron chi connectivity index (χ1n) is 4.72. The molecular weight excluding hydrogens is 265 g/mol. The lowest BCUT2D eigenvalue weighted by molar-refractivity contribution is 0.692. The van der Waals surface area contributed by atoms with Crippen molar-refractivity contribution in [3.63, 3.8) is 0 Å². The predicted molar refractivity (Wildman–Crippen MR) is 68.4 cm³/mol. The van der Waals surface area contributed by atoms with E-state index in [1.54, 1.807) is 4.68 Å². The average molecular weight is 276 g/mol. The smallest absolute Gasteiger partial charge is 0.0995 e. The third-order valence-corrected chi connectivity index (χ3v) is 3.86. The molecule has 1 atom stereocenters. The van der Waals surface area contributed by atoms with Crippen molar-refractivity contribution in [3.8, 4) is 0 Å². The minimum absolute atomic E-state index is 0.0324. The van der Waals surface area contributed by atoms with Gasteiger partial charge in [0.1, 0.15) is 0 Å². The van der Waals surface area contributed by atoms with Gasteiger partial charge in [-0.3, -0.25) is 4.68 Å². The van der Waals surface area contributed by atoms with Crippen LogP contribution in [0.4, 0.5) is 0 Å². The van der Waals surface area contributed by atoms with E-state index in [0.29, 0.717) is 8.67 Å². The van der Waals surface area contributed by atoms with Gasteiger partial charge in [-0.2, -0.15) is 5.10 Å². The Morgan fingerprint density at radius 3 is 2.69 bits per heavy atom. The molecular formula is C10H11Cl2N3S. The molecule has 2 aromatic heterocycles. The summed E-state index contributed by atoms with van der Waals surface area (Å²) >= 11 is 13.5. The second kappa shape index (κ2) is 4.75. The van der Waals surface area contributed by atoms with Crippen LogP contribution in [0.15, 0.2) is 18.5 Å². The van der Waals surface area contributed by atoms with E-state index < -0.39 is 0 Å². The van der Waals surface area contributed by atoms with E-state index in [2.05, 4.69) is 10.4 Å². The Kier molecular flexibility index (Phi) is 3.54. The highest BCUT2D eigenvalue weighted by atomic mass is 35.5. The largest absolute Gasteiger partial charge is 0.309 e. The lowest BCUT2D eigenvalue weighted by atomic mass is 10.1. The van der Waals surface area contributed by atoms with Crippen LogP contribution in [0.1, 0.15) is 17.2 Å². The molecule has 0 aromatic carbocycles. The number of nitrogens with zero attached hydrogens (tertiary/aromatic N) is 2.